The van der Waals surface area contributed by atoms with Crippen molar-refractivity contribution < 1.29 is 22.4 Å². The first-order valence-electron chi connectivity index (χ1n) is 13.6. The molecule has 3 aromatic carbocycles. The number of nitrogens with one attached hydrogen (secondary N) is 2. The van der Waals surface area contributed by atoms with Gasteiger partial charge in [-0.05, 0) is 59.0 Å². The quantitative estimate of drug-likeness (QED) is 0.239. The lowest BCUT2D eigenvalue weighted by Gasteiger charge is -2.32. The largest absolute Gasteiger partial charge is 0.350 e. The highest BCUT2D eigenvalue weighted by molar-refractivity contribution is 7.89. The van der Waals surface area contributed by atoms with Crippen LogP contribution >= 0.6 is 0 Å². The lowest BCUT2D eigenvalue weighted by atomic mass is 10.0. The third kappa shape index (κ3) is 8.31. The van der Waals surface area contributed by atoms with E-state index in [4.69, 9.17) is 0 Å². The first-order valence-corrected chi connectivity index (χ1v) is 15.1. The fourth-order valence-corrected chi connectivity index (χ4v) is 5.55. The zero-order valence-electron chi connectivity index (χ0n) is 23.2. The van der Waals surface area contributed by atoms with Crippen molar-refractivity contribution in [2.24, 2.45) is 0 Å². The number of carbonyl (C=O) groups is 2. The zero-order valence-corrected chi connectivity index (χ0v) is 24.1. The van der Waals surface area contributed by atoms with Crippen LogP contribution < -0.4 is 10.0 Å². The van der Waals surface area contributed by atoms with Crippen LogP contribution in [-0.2, 0) is 39.1 Å². The molecule has 0 saturated carbocycles. The van der Waals surface area contributed by atoms with E-state index in [0.717, 1.165) is 11.1 Å². The Kier molecular flexibility index (Phi) is 10.5. The molecule has 2 N–H and O–H groups in total. The molecule has 8 nitrogen and oxygen atoms in total. The van der Waals surface area contributed by atoms with Gasteiger partial charge in [-0.3, -0.25) is 14.6 Å². The molecule has 42 heavy (non-hydrogen) atoms. The van der Waals surface area contributed by atoms with Crippen molar-refractivity contribution in [1.29, 1.82) is 0 Å². The Bertz CT molecular complexity index is 1570. The molecule has 4 rings (SSSR count). The predicted molar refractivity (Wildman–Crippen MR) is 158 cm³/mol. The second-order valence-electron chi connectivity index (χ2n) is 9.69. The molecule has 1 heterocycles. The highest BCUT2D eigenvalue weighted by atomic mass is 32.2. The molecule has 0 spiro atoms. The van der Waals surface area contributed by atoms with Gasteiger partial charge in [0.05, 0.1) is 4.90 Å². The van der Waals surface area contributed by atoms with Crippen LogP contribution in [0.5, 0.6) is 0 Å². The van der Waals surface area contributed by atoms with Gasteiger partial charge in [0.15, 0.2) is 0 Å². The Morgan fingerprint density at radius 3 is 2.21 bits per heavy atom. The van der Waals surface area contributed by atoms with Crippen molar-refractivity contribution in [2.45, 2.75) is 43.8 Å². The van der Waals surface area contributed by atoms with Crippen LogP contribution in [0.25, 0.3) is 0 Å². The average Bonchev–Trinajstić information content (AvgIpc) is 3.01. The summed E-state index contributed by atoms with van der Waals surface area (Å²) >= 11 is 0. The number of aromatic nitrogens is 1. The summed E-state index contributed by atoms with van der Waals surface area (Å²) in [6.45, 7) is 2.30. The molecule has 0 bridgehead atoms. The third-order valence-electron chi connectivity index (χ3n) is 6.65. The van der Waals surface area contributed by atoms with Gasteiger partial charge >= 0.3 is 0 Å². The minimum absolute atomic E-state index is 0.0692. The number of sulfonamides is 1. The summed E-state index contributed by atoms with van der Waals surface area (Å²) in [5.74, 6) is -1.04. The number of benzene rings is 3. The number of halogens is 1. The number of carbonyl (C=O) groups excluding carboxylic acids is 2. The molecule has 0 saturated heterocycles. The van der Waals surface area contributed by atoms with Gasteiger partial charge < -0.3 is 10.2 Å². The van der Waals surface area contributed by atoms with Gasteiger partial charge in [-0.15, -0.1) is 0 Å². The minimum Gasteiger partial charge on any atom is -0.350 e. The number of nitrogens with zero attached hydrogens (tertiary/aromatic N) is 2. The summed E-state index contributed by atoms with van der Waals surface area (Å²) in [4.78, 5) is 33.3. The highest BCUT2D eigenvalue weighted by Gasteiger charge is 2.31. The number of hydrogen-bond acceptors (Lipinski definition) is 5. The molecule has 0 radical (unpaired) electrons. The van der Waals surface area contributed by atoms with Crippen molar-refractivity contribution >= 4 is 21.8 Å². The van der Waals surface area contributed by atoms with Gasteiger partial charge in [0, 0.05) is 38.4 Å². The number of hydrogen-bond donors (Lipinski definition) is 2. The molecule has 218 valence electrons. The van der Waals surface area contributed by atoms with Crippen LogP contribution in [0.3, 0.4) is 0 Å². The summed E-state index contributed by atoms with van der Waals surface area (Å²) < 4.78 is 40.7. The molecule has 1 unspecified atom stereocenters. The Morgan fingerprint density at radius 1 is 0.881 bits per heavy atom. The lowest BCUT2D eigenvalue weighted by molar-refractivity contribution is -0.141. The van der Waals surface area contributed by atoms with Crippen LogP contribution in [0.4, 0.5) is 4.39 Å². The molecule has 0 aliphatic rings. The van der Waals surface area contributed by atoms with Crippen molar-refractivity contribution in [3.63, 3.8) is 0 Å². The van der Waals surface area contributed by atoms with Crippen LogP contribution in [-0.4, -0.2) is 36.7 Å². The van der Waals surface area contributed by atoms with Crippen LogP contribution in [0, 0.1) is 5.82 Å². The molecule has 0 fully saturated rings. The lowest BCUT2D eigenvalue weighted by Crippen LogP contribution is -2.43. The summed E-state index contributed by atoms with van der Waals surface area (Å²) in [6.07, 6.45) is 3.71. The van der Waals surface area contributed by atoms with E-state index in [1.165, 1.54) is 29.2 Å². The fraction of sp³-hybridized carbons (Fsp3) is 0.219. The SMILES string of the molecule is CCNS(=O)(=O)c1ccc(CCC(=O)N(Cc2ccc(F)cc2)C(C(=O)NCc2cccnc2)c2ccccc2)cc1. The van der Waals surface area contributed by atoms with E-state index in [9.17, 15) is 22.4 Å². The van der Waals surface area contributed by atoms with E-state index < -0.39 is 21.9 Å². The number of rotatable bonds is 13. The average molecular weight is 589 g/mol. The first kappa shape index (κ1) is 30.5. The molecule has 4 aromatic rings. The summed E-state index contributed by atoms with van der Waals surface area (Å²) in [6, 6.07) is 23.9. The second kappa shape index (κ2) is 14.5. The minimum atomic E-state index is -3.59. The van der Waals surface area contributed by atoms with Gasteiger partial charge in [-0.2, -0.15) is 0 Å². The standard InChI is InChI=1S/C32H33FN4O4S/c1-2-36-42(40,41)29-17-12-24(13-18-29)14-19-30(38)37(23-25-10-15-28(33)16-11-25)31(27-8-4-3-5-9-27)32(39)35-22-26-7-6-20-34-21-26/h3-13,15-18,20-21,31,36H,2,14,19,22-23H2,1H3,(H,35,39). The smallest absolute Gasteiger partial charge is 0.247 e. The third-order valence-corrected chi connectivity index (χ3v) is 8.21. The van der Waals surface area contributed by atoms with Gasteiger partial charge in [0.25, 0.3) is 0 Å². The van der Waals surface area contributed by atoms with E-state index in [1.54, 1.807) is 73.9 Å². The van der Waals surface area contributed by atoms with Gasteiger partial charge in [0.2, 0.25) is 21.8 Å². The van der Waals surface area contributed by atoms with Gasteiger partial charge in [-0.1, -0.05) is 67.6 Å². The maximum atomic E-state index is 13.8. The van der Waals surface area contributed by atoms with E-state index in [2.05, 4.69) is 15.0 Å². The predicted octanol–water partition coefficient (Wildman–Crippen LogP) is 4.54. The van der Waals surface area contributed by atoms with Crippen LogP contribution in [0.2, 0.25) is 0 Å². The summed E-state index contributed by atoms with van der Waals surface area (Å²) in [5.41, 5.74) is 2.89. The van der Waals surface area contributed by atoms with E-state index >= 15 is 0 Å². The Balaban J connectivity index is 1.59. The molecule has 1 aromatic heterocycles. The van der Waals surface area contributed by atoms with Crippen molar-refractivity contribution in [2.75, 3.05) is 6.54 Å². The van der Waals surface area contributed by atoms with E-state index in [0.29, 0.717) is 17.5 Å². The van der Waals surface area contributed by atoms with Crippen molar-refractivity contribution in [3.05, 3.63) is 131 Å². The molecule has 1 atom stereocenters. The normalized spacial score (nSPS) is 12.0. The van der Waals surface area contributed by atoms with Crippen LogP contribution in [0.1, 0.15) is 41.6 Å². The fourth-order valence-electron chi connectivity index (χ4n) is 4.51. The van der Waals surface area contributed by atoms with Crippen molar-refractivity contribution in [1.82, 2.24) is 19.9 Å². The van der Waals surface area contributed by atoms with E-state index in [1.807, 2.05) is 12.1 Å². The zero-order chi connectivity index (χ0) is 30.0. The van der Waals surface area contributed by atoms with Crippen LogP contribution in [0.15, 0.2) is 108 Å². The molecular formula is C32H33FN4O4S. The highest BCUT2D eigenvalue weighted by Crippen LogP contribution is 2.26. The number of amides is 2. The maximum Gasteiger partial charge on any atom is 0.247 e. The van der Waals surface area contributed by atoms with E-state index in [-0.39, 0.29) is 42.8 Å². The van der Waals surface area contributed by atoms with Gasteiger partial charge in [0.1, 0.15) is 11.9 Å². The Labute approximate surface area is 245 Å². The molecule has 0 aliphatic carbocycles. The van der Waals surface area contributed by atoms with Crippen molar-refractivity contribution in [3.8, 4) is 0 Å². The number of pyridine rings is 1. The summed E-state index contributed by atoms with van der Waals surface area (Å²) in [5, 5.41) is 2.94. The Morgan fingerprint density at radius 2 is 1.57 bits per heavy atom. The van der Waals surface area contributed by atoms with Gasteiger partial charge in [-0.25, -0.2) is 17.5 Å². The Hall–Kier alpha value is -4.41. The molecule has 2 amide bonds. The topological polar surface area (TPSA) is 108 Å². The maximum absolute atomic E-state index is 13.8. The molecule has 0 aliphatic heterocycles. The monoisotopic (exact) mass is 588 g/mol. The molecule has 10 heteroatoms. The second-order valence-corrected chi connectivity index (χ2v) is 11.5. The molecular weight excluding hydrogens is 555 g/mol. The first-order chi connectivity index (χ1) is 20.3. The summed E-state index contributed by atoms with van der Waals surface area (Å²) in [7, 11) is -3.59. The number of aryl methyl sites for hydroxylation is 1.